The van der Waals surface area contributed by atoms with Gasteiger partial charge in [-0.25, -0.2) is 4.98 Å². The molecule has 5 nitrogen and oxygen atoms in total. The summed E-state index contributed by atoms with van der Waals surface area (Å²) in [6.45, 7) is 6.09. The van der Waals surface area contributed by atoms with Crippen LogP contribution in [0.3, 0.4) is 0 Å². The first kappa shape index (κ1) is 15.0. The normalized spacial score (nSPS) is 11.8. The quantitative estimate of drug-likeness (QED) is 0.917. The minimum Gasteiger partial charge on any atom is -0.348 e. The highest BCUT2D eigenvalue weighted by molar-refractivity contribution is 5.90. The van der Waals surface area contributed by atoms with Crippen LogP contribution in [0.5, 0.6) is 0 Å². The number of aromatic nitrogens is 2. The number of hydrogen-bond donors (Lipinski definition) is 1. The summed E-state index contributed by atoms with van der Waals surface area (Å²) in [5.41, 5.74) is 1.16. The SMILES string of the molecule is CCN(C(C)=O)c1ccnc(N[C@@H](C)c2ccccc2)n1. The molecule has 0 bridgehead atoms. The molecule has 110 valence electrons. The molecule has 1 N–H and O–H groups in total. The maximum absolute atomic E-state index is 11.6. The van der Waals surface area contributed by atoms with E-state index >= 15 is 0 Å². The smallest absolute Gasteiger partial charge is 0.225 e. The van der Waals surface area contributed by atoms with Gasteiger partial charge in [-0.05, 0) is 25.5 Å². The summed E-state index contributed by atoms with van der Waals surface area (Å²) in [6, 6.07) is 11.9. The number of amides is 1. The van der Waals surface area contributed by atoms with Crippen LogP contribution in [-0.4, -0.2) is 22.4 Å². The number of carbonyl (C=O) groups is 1. The van der Waals surface area contributed by atoms with Crippen molar-refractivity contribution in [2.24, 2.45) is 0 Å². The van der Waals surface area contributed by atoms with Crippen LogP contribution in [-0.2, 0) is 4.79 Å². The lowest BCUT2D eigenvalue weighted by molar-refractivity contribution is -0.116. The third-order valence-electron chi connectivity index (χ3n) is 3.26. The number of anilines is 2. The fourth-order valence-corrected chi connectivity index (χ4v) is 2.13. The van der Waals surface area contributed by atoms with E-state index < -0.39 is 0 Å². The van der Waals surface area contributed by atoms with E-state index in [2.05, 4.69) is 27.4 Å². The van der Waals surface area contributed by atoms with Gasteiger partial charge in [0.15, 0.2) is 0 Å². The van der Waals surface area contributed by atoms with E-state index in [1.807, 2.05) is 32.0 Å². The Balaban J connectivity index is 2.16. The largest absolute Gasteiger partial charge is 0.348 e. The summed E-state index contributed by atoms with van der Waals surface area (Å²) >= 11 is 0. The summed E-state index contributed by atoms with van der Waals surface area (Å²) in [5.74, 6) is 1.10. The van der Waals surface area contributed by atoms with Gasteiger partial charge in [0.05, 0.1) is 6.04 Å². The van der Waals surface area contributed by atoms with Gasteiger partial charge < -0.3 is 5.32 Å². The fourth-order valence-electron chi connectivity index (χ4n) is 2.13. The van der Waals surface area contributed by atoms with E-state index in [4.69, 9.17) is 0 Å². The third kappa shape index (κ3) is 3.78. The number of rotatable bonds is 5. The van der Waals surface area contributed by atoms with Crippen molar-refractivity contribution in [3.8, 4) is 0 Å². The zero-order chi connectivity index (χ0) is 15.2. The molecule has 5 heteroatoms. The predicted molar refractivity (Wildman–Crippen MR) is 84.2 cm³/mol. The molecule has 1 heterocycles. The van der Waals surface area contributed by atoms with Crippen molar-refractivity contribution in [1.29, 1.82) is 0 Å². The van der Waals surface area contributed by atoms with Crippen molar-refractivity contribution in [2.75, 3.05) is 16.8 Å². The molecule has 0 fully saturated rings. The highest BCUT2D eigenvalue weighted by Gasteiger charge is 2.12. The number of hydrogen-bond acceptors (Lipinski definition) is 4. The molecule has 0 radical (unpaired) electrons. The molecular weight excluding hydrogens is 264 g/mol. The highest BCUT2D eigenvalue weighted by Crippen LogP contribution is 2.18. The Morgan fingerprint density at radius 2 is 2.00 bits per heavy atom. The molecule has 0 spiro atoms. The van der Waals surface area contributed by atoms with Gasteiger partial charge in [0, 0.05) is 19.7 Å². The molecule has 0 aliphatic rings. The number of nitrogens with zero attached hydrogens (tertiary/aromatic N) is 3. The van der Waals surface area contributed by atoms with E-state index in [1.54, 1.807) is 17.2 Å². The first-order valence-corrected chi connectivity index (χ1v) is 7.04. The third-order valence-corrected chi connectivity index (χ3v) is 3.26. The lowest BCUT2D eigenvalue weighted by Crippen LogP contribution is -2.29. The Hall–Kier alpha value is -2.43. The van der Waals surface area contributed by atoms with Crippen LogP contribution in [0.25, 0.3) is 0 Å². The van der Waals surface area contributed by atoms with Crippen LogP contribution in [0.4, 0.5) is 11.8 Å². The lowest BCUT2D eigenvalue weighted by Gasteiger charge is -2.19. The Bertz CT molecular complexity index is 600. The van der Waals surface area contributed by atoms with Gasteiger partial charge in [-0.3, -0.25) is 9.69 Å². The topological polar surface area (TPSA) is 58.1 Å². The summed E-state index contributed by atoms with van der Waals surface area (Å²) in [4.78, 5) is 21.8. The monoisotopic (exact) mass is 284 g/mol. The molecule has 1 atom stereocenters. The maximum Gasteiger partial charge on any atom is 0.225 e. The van der Waals surface area contributed by atoms with E-state index in [0.717, 1.165) is 5.56 Å². The van der Waals surface area contributed by atoms with Gasteiger partial charge in [-0.2, -0.15) is 4.98 Å². The van der Waals surface area contributed by atoms with Crippen LogP contribution in [0.15, 0.2) is 42.6 Å². The number of nitrogens with one attached hydrogen (secondary N) is 1. The van der Waals surface area contributed by atoms with Crippen molar-refractivity contribution < 1.29 is 4.79 Å². The van der Waals surface area contributed by atoms with Crippen LogP contribution in [0.2, 0.25) is 0 Å². The molecule has 0 aliphatic carbocycles. The second kappa shape index (κ2) is 6.83. The Kier molecular flexibility index (Phi) is 4.87. The van der Waals surface area contributed by atoms with Crippen LogP contribution < -0.4 is 10.2 Å². The minimum atomic E-state index is -0.0294. The van der Waals surface area contributed by atoms with Gasteiger partial charge in [-0.15, -0.1) is 0 Å². The molecular formula is C16H20N4O. The van der Waals surface area contributed by atoms with E-state index in [1.165, 1.54) is 6.92 Å². The van der Waals surface area contributed by atoms with Gasteiger partial charge in [0.1, 0.15) is 5.82 Å². The minimum absolute atomic E-state index is 0.0294. The highest BCUT2D eigenvalue weighted by atomic mass is 16.2. The molecule has 0 aliphatic heterocycles. The molecule has 1 aromatic carbocycles. The number of carbonyl (C=O) groups excluding carboxylic acids is 1. The Morgan fingerprint density at radius 1 is 1.29 bits per heavy atom. The van der Waals surface area contributed by atoms with Crippen LogP contribution in [0, 0.1) is 0 Å². The van der Waals surface area contributed by atoms with Crippen molar-refractivity contribution in [1.82, 2.24) is 9.97 Å². The summed E-state index contributed by atoms with van der Waals surface area (Å²) < 4.78 is 0. The average molecular weight is 284 g/mol. The second-order valence-electron chi connectivity index (χ2n) is 4.78. The summed E-state index contributed by atoms with van der Waals surface area (Å²) in [6.07, 6.45) is 1.66. The molecule has 1 amide bonds. The van der Waals surface area contributed by atoms with Crippen LogP contribution >= 0.6 is 0 Å². The van der Waals surface area contributed by atoms with E-state index in [0.29, 0.717) is 18.3 Å². The lowest BCUT2D eigenvalue weighted by atomic mass is 10.1. The Labute approximate surface area is 125 Å². The maximum atomic E-state index is 11.6. The average Bonchev–Trinajstić information content (AvgIpc) is 2.49. The van der Waals surface area contributed by atoms with Gasteiger partial charge >= 0.3 is 0 Å². The second-order valence-corrected chi connectivity index (χ2v) is 4.78. The standard InChI is InChI=1S/C16H20N4O/c1-4-20(13(3)21)15-10-11-17-16(19-15)18-12(2)14-8-6-5-7-9-14/h5-12H,4H2,1-3H3,(H,17,18,19)/t12-/m0/s1. The fraction of sp³-hybridized carbons (Fsp3) is 0.312. The van der Waals surface area contributed by atoms with Crippen molar-refractivity contribution in [3.05, 3.63) is 48.2 Å². The molecule has 2 aromatic rings. The van der Waals surface area contributed by atoms with Gasteiger partial charge in [-0.1, -0.05) is 30.3 Å². The Morgan fingerprint density at radius 3 is 2.62 bits per heavy atom. The summed E-state index contributed by atoms with van der Waals surface area (Å²) in [5, 5.41) is 3.26. The molecule has 1 aromatic heterocycles. The number of benzene rings is 1. The van der Waals surface area contributed by atoms with Gasteiger partial charge in [0.25, 0.3) is 0 Å². The molecule has 0 saturated heterocycles. The van der Waals surface area contributed by atoms with E-state index in [9.17, 15) is 4.79 Å². The van der Waals surface area contributed by atoms with Crippen LogP contribution in [0.1, 0.15) is 32.4 Å². The van der Waals surface area contributed by atoms with Crippen molar-refractivity contribution >= 4 is 17.7 Å². The predicted octanol–water partition coefficient (Wildman–Crippen LogP) is 3.02. The zero-order valence-electron chi connectivity index (χ0n) is 12.6. The molecule has 2 rings (SSSR count). The first-order chi connectivity index (χ1) is 10.1. The first-order valence-electron chi connectivity index (χ1n) is 7.04. The van der Waals surface area contributed by atoms with Crippen molar-refractivity contribution in [2.45, 2.75) is 26.8 Å². The molecule has 0 saturated carbocycles. The van der Waals surface area contributed by atoms with Crippen molar-refractivity contribution in [3.63, 3.8) is 0 Å². The summed E-state index contributed by atoms with van der Waals surface area (Å²) in [7, 11) is 0. The molecule has 21 heavy (non-hydrogen) atoms. The van der Waals surface area contributed by atoms with Gasteiger partial charge in [0.2, 0.25) is 11.9 Å². The molecule has 0 unspecified atom stereocenters. The van der Waals surface area contributed by atoms with E-state index in [-0.39, 0.29) is 11.9 Å². The zero-order valence-corrected chi connectivity index (χ0v) is 12.6.